The zero-order chi connectivity index (χ0) is 16.6. The van der Waals surface area contributed by atoms with Crippen LogP contribution in [0.25, 0.3) is 0 Å². The van der Waals surface area contributed by atoms with E-state index >= 15 is 0 Å². The van der Waals surface area contributed by atoms with Gasteiger partial charge >= 0.3 is 5.97 Å². The van der Waals surface area contributed by atoms with Gasteiger partial charge in [0, 0.05) is 5.57 Å². The van der Waals surface area contributed by atoms with Gasteiger partial charge in [0.05, 0.1) is 0 Å². The Morgan fingerprint density at radius 3 is 1.50 bits per heavy atom. The Hall–Kier alpha value is -0.790. The SMILES string of the molecule is CCCCCCCCCCCCCCC(CC)=C(C)C(=O)O. The Bertz CT molecular complexity index is 305. The molecule has 2 nitrogen and oxygen atoms in total. The summed E-state index contributed by atoms with van der Waals surface area (Å²) in [6.07, 6.45) is 18.0. The lowest BCUT2D eigenvalue weighted by Gasteiger charge is -2.07. The number of unbranched alkanes of at least 4 members (excludes halogenated alkanes) is 11. The van der Waals surface area contributed by atoms with E-state index in [0.29, 0.717) is 5.57 Å². The van der Waals surface area contributed by atoms with Gasteiger partial charge in [-0.1, -0.05) is 90.0 Å². The minimum absolute atomic E-state index is 0.561. The zero-order valence-electron chi connectivity index (χ0n) is 15.3. The highest BCUT2D eigenvalue weighted by molar-refractivity contribution is 5.86. The van der Waals surface area contributed by atoms with Crippen molar-refractivity contribution in [2.45, 2.75) is 111 Å². The summed E-state index contributed by atoms with van der Waals surface area (Å²) in [5.41, 5.74) is 1.69. The maximum atomic E-state index is 11.0. The molecule has 1 N–H and O–H groups in total. The molecule has 22 heavy (non-hydrogen) atoms. The van der Waals surface area contributed by atoms with Crippen LogP contribution in [0.4, 0.5) is 0 Å². The quantitative estimate of drug-likeness (QED) is 0.264. The summed E-state index contributed by atoms with van der Waals surface area (Å²) in [6.45, 7) is 6.06. The van der Waals surface area contributed by atoms with E-state index in [0.717, 1.165) is 24.8 Å². The normalized spacial score (nSPS) is 12.3. The molecule has 0 unspecified atom stereocenters. The largest absolute Gasteiger partial charge is 0.478 e. The molecule has 0 aliphatic rings. The molecule has 0 saturated carbocycles. The number of carboxylic acid groups (broad SMARTS) is 1. The van der Waals surface area contributed by atoms with Crippen molar-refractivity contribution in [2.75, 3.05) is 0 Å². The fraction of sp³-hybridized carbons (Fsp3) is 0.850. The van der Waals surface area contributed by atoms with Crippen molar-refractivity contribution < 1.29 is 9.90 Å². The first-order chi connectivity index (χ1) is 10.6. The van der Waals surface area contributed by atoms with Crippen molar-refractivity contribution in [3.8, 4) is 0 Å². The van der Waals surface area contributed by atoms with E-state index in [2.05, 4.69) is 13.8 Å². The predicted octanol–water partition coefficient (Wildman–Crippen LogP) is 6.89. The van der Waals surface area contributed by atoms with Gasteiger partial charge in [-0.2, -0.15) is 0 Å². The van der Waals surface area contributed by atoms with Crippen molar-refractivity contribution in [1.82, 2.24) is 0 Å². The first kappa shape index (κ1) is 21.2. The van der Waals surface area contributed by atoms with Gasteiger partial charge in [0.15, 0.2) is 0 Å². The van der Waals surface area contributed by atoms with Crippen LogP contribution in [0.15, 0.2) is 11.1 Å². The summed E-state index contributed by atoms with van der Waals surface area (Å²) >= 11 is 0. The molecule has 0 radical (unpaired) electrons. The van der Waals surface area contributed by atoms with Gasteiger partial charge in [-0.15, -0.1) is 0 Å². The summed E-state index contributed by atoms with van der Waals surface area (Å²) in [4.78, 5) is 11.0. The highest BCUT2D eigenvalue weighted by Crippen LogP contribution is 2.18. The van der Waals surface area contributed by atoms with Crippen molar-refractivity contribution in [2.24, 2.45) is 0 Å². The van der Waals surface area contributed by atoms with E-state index in [9.17, 15) is 4.79 Å². The van der Waals surface area contributed by atoms with Crippen LogP contribution in [0.2, 0.25) is 0 Å². The number of hydrogen-bond donors (Lipinski definition) is 1. The Kier molecular flexibility index (Phi) is 14.6. The lowest BCUT2D eigenvalue weighted by molar-refractivity contribution is -0.132. The van der Waals surface area contributed by atoms with Gasteiger partial charge in [0.2, 0.25) is 0 Å². The molecular weight excluding hydrogens is 272 g/mol. The Morgan fingerprint density at radius 2 is 1.14 bits per heavy atom. The highest BCUT2D eigenvalue weighted by Gasteiger charge is 2.07. The van der Waals surface area contributed by atoms with Crippen molar-refractivity contribution in [1.29, 1.82) is 0 Å². The van der Waals surface area contributed by atoms with E-state index in [1.165, 1.54) is 70.6 Å². The Balaban J connectivity index is 3.43. The number of carboxylic acids is 1. The molecule has 0 spiro atoms. The molecule has 0 aromatic carbocycles. The Morgan fingerprint density at radius 1 is 0.727 bits per heavy atom. The monoisotopic (exact) mass is 310 g/mol. The molecule has 0 rings (SSSR count). The second-order valence-electron chi connectivity index (χ2n) is 6.53. The lowest BCUT2D eigenvalue weighted by atomic mass is 9.99. The average molecular weight is 311 g/mol. The van der Waals surface area contributed by atoms with Crippen molar-refractivity contribution in [3.63, 3.8) is 0 Å². The molecule has 0 aliphatic heterocycles. The summed E-state index contributed by atoms with van der Waals surface area (Å²) < 4.78 is 0. The fourth-order valence-corrected chi connectivity index (χ4v) is 2.96. The topological polar surface area (TPSA) is 37.3 Å². The van der Waals surface area contributed by atoms with Crippen molar-refractivity contribution >= 4 is 5.97 Å². The molecule has 0 aromatic heterocycles. The minimum atomic E-state index is -0.754. The van der Waals surface area contributed by atoms with Crippen LogP contribution < -0.4 is 0 Å². The zero-order valence-corrected chi connectivity index (χ0v) is 15.3. The maximum Gasteiger partial charge on any atom is 0.331 e. The first-order valence-electron chi connectivity index (χ1n) is 9.55. The molecule has 2 heteroatoms. The predicted molar refractivity (Wildman–Crippen MR) is 96.3 cm³/mol. The van der Waals surface area contributed by atoms with E-state index in [4.69, 9.17) is 5.11 Å². The molecule has 0 aliphatic carbocycles. The molecule has 130 valence electrons. The van der Waals surface area contributed by atoms with Gasteiger partial charge in [-0.05, 0) is 26.2 Å². The number of aliphatic carboxylic acids is 1. The first-order valence-corrected chi connectivity index (χ1v) is 9.55. The van der Waals surface area contributed by atoms with E-state index in [1.54, 1.807) is 6.92 Å². The fourth-order valence-electron chi connectivity index (χ4n) is 2.96. The standard InChI is InChI=1S/C20H38O2/c1-4-6-7-8-9-10-11-12-13-14-15-16-17-19(5-2)18(3)20(21)22/h4-17H2,1-3H3,(H,21,22). The Labute approximate surface area is 138 Å². The molecule has 0 saturated heterocycles. The van der Waals surface area contributed by atoms with Crippen LogP contribution in [0.5, 0.6) is 0 Å². The van der Waals surface area contributed by atoms with Crippen LogP contribution in [0.3, 0.4) is 0 Å². The second kappa shape index (κ2) is 15.1. The van der Waals surface area contributed by atoms with Gasteiger partial charge < -0.3 is 5.11 Å². The van der Waals surface area contributed by atoms with E-state index in [-0.39, 0.29) is 0 Å². The molecule has 0 aromatic rings. The molecule has 0 heterocycles. The third-order valence-electron chi connectivity index (χ3n) is 4.61. The summed E-state index contributed by atoms with van der Waals surface area (Å²) in [6, 6.07) is 0. The van der Waals surface area contributed by atoms with E-state index < -0.39 is 5.97 Å². The van der Waals surface area contributed by atoms with Crippen LogP contribution in [0.1, 0.15) is 111 Å². The van der Waals surface area contributed by atoms with Crippen LogP contribution in [0, 0.1) is 0 Å². The van der Waals surface area contributed by atoms with Gasteiger partial charge in [-0.3, -0.25) is 0 Å². The van der Waals surface area contributed by atoms with Crippen LogP contribution in [-0.4, -0.2) is 11.1 Å². The summed E-state index contributed by atoms with van der Waals surface area (Å²) in [5.74, 6) is -0.754. The van der Waals surface area contributed by atoms with Crippen LogP contribution >= 0.6 is 0 Å². The molecule has 0 bridgehead atoms. The smallest absolute Gasteiger partial charge is 0.331 e. The molecular formula is C20H38O2. The minimum Gasteiger partial charge on any atom is -0.478 e. The molecule has 0 amide bonds. The van der Waals surface area contributed by atoms with Gasteiger partial charge in [0.25, 0.3) is 0 Å². The molecule has 0 fully saturated rings. The lowest BCUT2D eigenvalue weighted by Crippen LogP contribution is -2.01. The number of rotatable bonds is 15. The number of allylic oxidation sites excluding steroid dienone is 1. The van der Waals surface area contributed by atoms with E-state index in [1.807, 2.05) is 0 Å². The highest BCUT2D eigenvalue weighted by atomic mass is 16.4. The number of carbonyl (C=O) groups is 1. The van der Waals surface area contributed by atoms with Crippen LogP contribution in [-0.2, 0) is 4.79 Å². The maximum absolute atomic E-state index is 11.0. The second-order valence-corrected chi connectivity index (χ2v) is 6.53. The number of hydrogen-bond acceptors (Lipinski definition) is 1. The summed E-state index contributed by atoms with van der Waals surface area (Å²) in [5, 5.41) is 9.02. The summed E-state index contributed by atoms with van der Waals surface area (Å²) in [7, 11) is 0. The average Bonchev–Trinajstić information content (AvgIpc) is 2.51. The van der Waals surface area contributed by atoms with Crippen molar-refractivity contribution in [3.05, 3.63) is 11.1 Å². The third-order valence-corrected chi connectivity index (χ3v) is 4.61. The van der Waals surface area contributed by atoms with Gasteiger partial charge in [0.1, 0.15) is 0 Å². The van der Waals surface area contributed by atoms with Gasteiger partial charge in [-0.25, -0.2) is 4.79 Å². The third kappa shape index (κ3) is 11.8. The molecule has 0 atom stereocenters.